The predicted octanol–water partition coefficient (Wildman–Crippen LogP) is 3.29. The largest absolute Gasteiger partial charge is 0.465 e. The number of hydrogen-bond donors (Lipinski definition) is 2. The van der Waals surface area contributed by atoms with Crippen molar-refractivity contribution in [2.75, 3.05) is 30.2 Å². The van der Waals surface area contributed by atoms with Crippen LogP contribution in [0.1, 0.15) is 29.6 Å². The number of hydrogen-bond acceptors (Lipinski definition) is 5. The lowest BCUT2D eigenvalue weighted by atomic mass is 10.1. The average Bonchev–Trinajstić information content (AvgIpc) is 2.74. The van der Waals surface area contributed by atoms with Crippen molar-refractivity contribution in [3.63, 3.8) is 0 Å². The van der Waals surface area contributed by atoms with Crippen molar-refractivity contribution in [3.8, 4) is 0 Å². The lowest BCUT2D eigenvalue weighted by Gasteiger charge is -2.26. The highest BCUT2D eigenvalue weighted by molar-refractivity contribution is 7.92. The fourth-order valence-electron chi connectivity index (χ4n) is 3.08. The lowest BCUT2D eigenvalue weighted by Crippen LogP contribution is -2.38. The predicted molar refractivity (Wildman–Crippen MR) is 109 cm³/mol. The van der Waals surface area contributed by atoms with Gasteiger partial charge in [-0.05, 0) is 55.7 Å². The second kappa shape index (κ2) is 8.95. The molecular weight excluding hydrogens is 394 g/mol. The third-order valence-corrected chi connectivity index (χ3v) is 6.02. The number of benzene rings is 2. The fourth-order valence-corrected chi connectivity index (χ4v) is 4.16. The van der Waals surface area contributed by atoms with Crippen LogP contribution in [0.15, 0.2) is 53.4 Å². The summed E-state index contributed by atoms with van der Waals surface area (Å²) in [4.78, 5) is 25.9. The molecule has 0 unspecified atom stereocenters. The molecular formula is C20H23N3O5S. The summed E-state index contributed by atoms with van der Waals surface area (Å²) in [6.45, 7) is 1.45. The van der Waals surface area contributed by atoms with E-state index in [9.17, 15) is 18.0 Å². The van der Waals surface area contributed by atoms with E-state index in [1.54, 1.807) is 17.0 Å². The van der Waals surface area contributed by atoms with Crippen molar-refractivity contribution in [3.05, 3.63) is 54.1 Å². The van der Waals surface area contributed by atoms with Crippen LogP contribution >= 0.6 is 0 Å². The third kappa shape index (κ3) is 5.05. The molecule has 0 aliphatic carbocycles. The van der Waals surface area contributed by atoms with Crippen LogP contribution in [0.3, 0.4) is 0 Å². The molecule has 2 aromatic rings. The number of carbonyl (C=O) groups is 2. The van der Waals surface area contributed by atoms with Crippen molar-refractivity contribution in [1.82, 2.24) is 4.90 Å². The maximum absolute atomic E-state index is 12.7. The first-order chi connectivity index (χ1) is 13.9. The van der Waals surface area contributed by atoms with Gasteiger partial charge in [-0.1, -0.05) is 12.1 Å². The zero-order valence-corrected chi connectivity index (χ0v) is 16.9. The number of ether oxygens (including phenoxy) is 1. The maximum Gasteiger partial charge on any atom is 0.339 e. The van der Waals surface area contributed by atoms with Gasteiger partial charge in [-0.3, -0.25) is 4.72 Å². The van der Waals surface area contributed by atoms with Gasteiger partial charge in [0.15, 0.2) is 0 Å². The Bertz CT molecular complexity index is 983. The standard InChI is InChI=1S/C20H23N3O5S/c1-28-19(24)17-7-3-4-8-18(17)22-29(26,27)16-11-9-15(10-12-16)21-20(25)23-13-5-2-6-14-23/h3-4,7-12,22H,2,5-6,13-14H2,1H3,(H,21,25). The van der Waals surface area contributed by atoms with Gasteiger partial charge in [-0.2, -0.15) is 0 Å². The number of urea groups is 1. The molecule has 2 amide bonds. The molecule has 9 heteroatoms. The van der Waals surface area contributed by atoms with Crippen LogP contribution in [0, 0.1) is 0 Å². The van der Waals surface area contributed by atoms with E-state index in [0.717, 1.165) is 32.4 Å². The maximum atomic E-state index is 12.7. The second-order valence-corrected chi connectivity index (χ2v) is 8.33. The number of nitrogens with zero attached hydrogens (tertiary/aromatic N) is 1. The number of nitrogens with one attached hydrogen (secondary N) is 2. The number of anilines is 2. The van der Waals surface area contributed by atoms with Crippen LogP contribution < -0.4 is 10.0 Å². The third-order valence-electron chi connectivity index (χ3n) is 4.64. The van der Waals surface area contributed by atoms with Crippen molar-refractivity contribution in [2.45, 2.75) is 24.2 Å². The second-order valence-electron chi connectivity index (χ2n) is 6.64. The Balaban J connectivity index is 1.72. The summed E-state index contributed by atoms with van der Waals surface area (Å²) in [7, 11) is -2.70. The van der Waals surface area contributed by atoms with Gasteiger partial charge in [0.2, 0.25) is 0 Å². The van der Waals surface area contributed by atoms with E-state index in [2.05, 4.69) is 14.8 Å². The number of sulfonamides is 1. The Labute approximate surface area is 169 Å². The van der Waals surface area contributed by atoms with Crippen LogP contribution in [-0.4, -0.2) is 45.5 Å². The molecule has 0 saturated carbocycles. The van der Waals surface area contributed by atoms with Gasteiger partial charge >= 0.3 is 12.0 Å². The quantitative estimate of drug-likeness (QED) is 0.727. The summed E-state index contributed by atoms with van der Waals surface area (Å²) in [6, 6.07) is 11.9. The van der Waals surface area contributed by atoms with Crippen LogP contribution in [-0.2, 0) is 14.8 Å². The summed E-state index contributed by atoms with van der Waals surface area (Å²) in [5, 5.41) is 2.78. The minimum absolute atomic E-state index is 0.00754. The first kappa shape index (κ1) is 20.7. The Kier molecular flexibility index (Phi) is 6.38. The Hall–Kier alpha value is -3.07. The van der Waals surface area contributed by atoms with Gasteiger partial charge in [0.1, 0.15) is 0 Å². The van der Waals surface area contributed by atoms with Crippen LogP contribution in [0.4, 0.5) is 16.2 Å². The molecule has 1 aliphatic rings. The average molecular weight is 417 g/mol. The molecule has 1 fully saturated rings. The number of methoxy groups -OCH3 is 1. The highest BCUT2D eigenvalue weighted by atomic mass is 32.2. The van der Waals surface area contributed by atoms with E-state index in [1.807, 2.05) is 0 Å². The van der Waals surface area contributed by atoms with Gasteiger partial charge < -0.3 is 15.0 Å². The summed E-state index contributed by atoms with van der Waals surface area (Å²) in [5.41, 5.74) is 0.750. The Morgan fingerprint density at radius 1 is 0.966 bits per heavy atom. The normalized spacial score (nSPS) is 14.2. The fraction of sp³-hybridized carbons (Fsp3) is 0.300. The van der Waals surface area contributed by atoms with E-state index < -0.39 is 16.0 Å². The molecule has 29 heavy (non-hydrogen) atoms. The molecule has 0 radical (unpaired) electrons. The monoisotopic (exact) mass is 417 g/mol. The van der Waals surface area contributed by atoms with Gasteiger partial charge in [-0.25, -0.2) is 18.0 Å². The SMILES string of the molecule is COC(=O)c1ccccc1NS(=O)(=O)c1ccc(NC(=O)N2CCCCC2)cc1. The smallest absolute Gasteiger partial charge is 0.339 e. The zero-order chi connectivity index (χ0) is 20.9. The van der Waals surface area contributed by atoms with Crippen molar-refractivity contribution in [1.29, 1.82) is 0 Å². The van der Waals surface area contributed by atoms with Crippen LogP contribution in [0.5, 0.6) is 0 Å². The Morgan fingerprint density at radius 3 is 2.28 bits per heavy atom. The summed E-state index contributed by atoms with van der Waals surface area (Å²) in [5.74, 6) is -0.640. The highest BCUT2D eigenvalue weighted by Crippen LogP contribution is 2.22. The first-order valence-electron chi connectivity index (χ1n) is 9.27. The number of amides is 2. The van der Waals surface area contributed by atoms with Gasteiger partial charge in [0, 0.05) is 18.8 Å². The molecule has 154 valence electrons. The molecule has 1 saturated heterocycles. The lowest BCUT2D eigenvalue weighted by molar-refractivity contribution is 0.0602. The molecule has 2 aromatic carbocycles. The molecule has 1 heterocycles. The minimum atomic E-state index is -3.92. The molecule has 2 N–H and O–H groups in total. The molecule has 1 aliphatic heterocycles. The topological polar surface area (TPSA) is 105 Å². The van der Waals surface area contributed by atoms with E-state index in [4.69, 9.17) is 0 Å². The van der Waals surface area contributed by atoms with Gasteiger partial charge in [-0.15, -0.1) is 0 Å². The molecule has 0 atom stereocenters. The highest BCUT2D eigenvalue weighted by Gasteiger charge is 2.20. The van der Waals surface area contributed by atoms with E-state index in [-0.39, 0.29) is 22.2 Å². The van der Waals surface area contributed by atoms with Gasteiger partial charge in [0.05, 0.1) is 23.3 Å². The van der Waals surface area contributed by atoms with Crippen molar-refractivity contribution in [2.24, 2.45) is 0 Å². The number of esters is 1. The first-order valence-corrected chi connectivity index (χ1v) is 10.8. The number of carbonyl (C=O) groups excluding carboxylic acids is 2. The number of para-hydroxylation sites is 1. The number of piperidine rings is 1. The molecule has 8 nitrogen and oxygen atoms in total. The molecule has 3 rings (SSSR count). The molecule has 0 spiro atoms. The van der Waals surface area contributed by atoms with E-state index in [0.29, 0.717) is 5.69 Å². The summed E-state index contributed by atoms with van der Waals surface area (Å²) < 4.78 is 32.5. The van der Waals surface area contributed by atoms with Crippen LogP contribution in [0.2, 0.25) is 0 Å². The van der Waals surface area contributed by atoms with Crippen molar-refractivity contribution < 1.29 is 22.7 Å². The molecule has 0 aromatic heterocycles. The molecule has 0 bridgehead atoms. The van der Waals surface area contributed by atoms with Crippen LogP contribution in [0.25, 0.3) is 0 Å². The summed E-state index contributed by atoms with van der Waals surface area (Å²) in [6.07, 6.45) is 3.11. The van der Waals surface area contributed by atoms with Gasteiger partial charge in [0.25, 0.3) is 10.0 Å². The Morgan fingerprint density at radius 2 is 1.62 bits per heavy atom. The summed E-state index contributed by atoms with van der Waals surface area (Å²) >= 11 is 0. The van der Waals surface area contributed by atoms with Crippen molar-refractivity contribution >= 4 is 33.4 Å². The zero-order valence-electron chi connectivity index (χ0n) is 16.1. The number of rotatable bonds is 5. The van der Waals surface area contributed by atoms with E-state index >= 15 is 0 Å². The minimum Gasteiger partial charge on any atom is -0.465 e. The van der Waals surface area contributed by atoms with E-state index in [1.165, 1.54) is 43.5 Å². The number of likely N-dealkylation sites (tertiary alicyclic amines) is 1.